The minimum absolute atomic E-state index is 0.231. The molecule has 0 bridgehead atoms. The second kappa shape index (κ2) is 5.95. The van der Waals surface area contributed by atoms with Gasteiger partial charge in [0, 0.05) is 21.5 Å². The fourth-order valence-corrected chi connectivity index (χ4v) is 3.80. The van der Waals surface area contributed by atoms with Crippen LogP contribution < -0.4 is 5.32 Å². The van der Waals surface area contributed by atoms with Crippen LogP contribution in [0.1, 0.15) is 25.3 Å². The standard InChI is InChI=1S/C13H15BrF3NS/c1-8-12(3-2-4-19-8)18-11-6-9(13(15,16)17)5-10(14)7-11/h5-8,12,18H,2-4H2,1H3. The maximum atomic E-state index is 12.8. The molecule has 1 aromatic rings. The van der Waals surface area contributed by atoms with E-state index < -0.39 is 11.7 Å². The van der Waals surface area contributed by atoms with Gasteiger partial charge in [-0.1, -0.05) is 22.9 Å². The van der Waals surface area contributed by atoms with Crippen LogP contribution in [0.5, 0.6) is 0 Å². The summed E-state index contributed by atoms with van der Waals surface area (Å²) in [4.78, 5) is 0. The van der Waals surface area contributed by atoms with E-state index in [0.717, 1.165) is 24.7 Å². The minimum atomic E-state index is -4.31. The van der Waals surface area contributed by atoms with Gasteiger partial charge in [0.1, 0.15) is 0 Å². The topological polar surface area (TPSA) is 12.0 Å². The van der Waals surface area contributed by atoms with Gasteiger partial charge in [-0.05, 0) is 36.8 Å². The molecule has 1 saturated heterocycles. The van der Waals surface area contributed by atoms with E-state index in [9.17, 15) is 13.2 Å². The monoisotopic (exact) mass is 353 g/mol. The summed E-state index contributed by atoms with van der Waals surface area (Å²) >= 11 is 5.00. The molecule has 0 aromatic heterocycles. The van der Waals surface area contributed by atoms with Crippen LogP contribution in [-0.4, -0.2) is 17.0 Å². The summed E-state index contributed by atoms with van der Waals surface area (Å²) in [5.41, 5.74) is -0.0958. The average molecular weight is 354 g/mol. The number of nitrogens with one attached hydrogen (secondary N) is 1. The predicted molar refractivity (Wildman–Crippen MR) is 77.7 cm³/mol. The van der Waals surface area contributed by atoms with Gasteiger partial charge >= 0.3 is 6.18 Å². The number of hydrogen-bond acceptors (Lipinski definition) is 2. The highest BCUT2D eigenvalue weighted by molar-refractivity contribution is 9.10. The van der Waals surface area contributed by atoms with Gasteiger partial charge in [0.15, 0.2) is 0 Å². The summed E-state index contributed by atoms with van der Waals surface area (Å²) in [5, 5.41) is 3.65. The molecule has 0 amide bonds. The molecule has 0 spiro atoms. The lowest BCUT2D eigenvalue weighted by Crippen LogP contribution is -2.32. The molecule has 19 heavy (non-hydrogen) atoms. The summed E-state index contributed by atoms with van der Waals surface area (Å²) in [5.74, 6) is 1.13. The largest absolute Gasteiger partial charge is 0.416 e. The van der Waals surface area contributed by atoms with Crippen molar-refractivity contribution >= 4 is 33.4 Å². The molecule has 106 valence electrons. The van der Waals surface area contributed by atoms with Gasteiger partial charge in [0.25, 0.3) is 0 Å². The molecule has 1 N–H and O–H groups in total. The van der Waals surface area contributed by atoms with E-state index >= 15 is 0 Å². The van der Waals surface area contributed by atoms with Crippen molar-refractivity contribution < 1.29 is 13.2 Å². The number of alkyl halides is 3. The molecule has 0 aliphatic carbocycles. The highest BCUT2D eigenvalue weighted by Crippen LogP contribution is 2.34. The molecule has 1 aromatic carbocycles. The van der Waals surface area contributed by atoms with Crippen molar-refractivity contribution in [2.75, 3.05) is 11.1 Å². The Morgan fingerprint density at radius 2 is 2.05 bits per heavy atom. The lowest BCUT2D eigenvalue weighted by molar-refractivity contribution is -0.137. The molecule has 1 aliphatic rings. The van der Waals surface area contributed by atoms with Crippen LogP contribution >= 0.6 is 27.7 Å². The fourth-order valence-electron chi connectivity index (χ4n) is 2.16. The molecule has 0 radical (unpaired) electrons. The van der Waals surface area contributed by atoms with Gasteiger partial charge < -0.3 is 5.32 Å². The lowest BCUT2D eigenvalue weighted by Gasteiger charge is -2.30. The van der Waals surface area contributed by atoms with E-state index in [-0.39, 0.29) is 6.04 Å². The maximum Gasteiger partial charge on any atom is 0.416 e. The second-order valence-electron chi connectivity index (χ2n) is 4.70. The average Bonchev–Trinajstić information content (AvgIpc) is 2.30. The van der Waals surface area contributed by atoms with Gasteiger partial charge in [-0.3, -0.25) is 0 Å². The second-order valence-corrected chi connectivity index (χ2v) is 7.10. The molecule has 1 nitrogen and oxygen atoms in total. The Bertz CT molecular complexity index is 450. The minimum Gasteiger partial charge on any atom is -0.381 e. The Labute approximate surface area is 123 Å². The molecule has 6 heteroatoms. The summed E-state index contributed by atoms with van der Waals surface area (Å²) in [7, 11) is 0. The van der Waals surface area contributed by atoms with E-state index in [2.05, 4.69) is 28.2 Å². The highest BCUT2D eigenvalue weighted by atomic mass is 79.9. The van der Waals surface area contributed by atoms with E-state index in [1.54, 1.807) is 6.07 Å². The third kappa shape index (κ3) is 4.05. The van der Waals surface area contributed by atoms with Crippen molar-refractivity contribution in [3.8, 4) is 0 Å². The van der Waals surface area contributed by atoms with Crippen LogP contribution in [0.25, 0.3) is 0 Å². The van der Waals surface area contributed by atoms with E-state index in [0.29, 0.717) is 15.4 Å². The molecule has 2 unspecified atom stereocenters. The van der Waals surface area contributed by atoms with Crippen molar-refractivity contribution in [3.63, 3.8) is 0 Å². The van der Waals surface area contributed by atoms with Gasteiger partial charge in [-0.2, -0.15) is 24.9 Å². The Morgan fingerprint density at radius 3 is 2.68 bits per heavy atom. The molecule has 1 aliphatic heterocycles. The fraction of sp³-hybridized carbons (Fsp3) is 0.538. The smallest absolute Gasteiger partial charge is 0.381 e. The molecular weight excluding hydrogens is 339 g/mol. The zero-order valence-corrected chi connectivity index (χ0v) is 12.8. The van der Waals surface area contributed by atoms with Crippen LogP contribution in [-0.2, 0) is 6.18 Å². The molecule has 2 atom stereocenters. The first-order chi connectivity index (χ1) is 8.86. The first-order valence-electron chi connectivity index (χ1n) is 6.12. The molecular formula is C13H15BrF3NS. The summed E-state index contributed by atoms with van der Waals surface area (Å²) in [6.45, 7) is 2.12. The number of rotatable bonds is 2. The van der Waals surface area contributed by atoms with Crippen LogP contribution in [0.2, 0.25) is 0 Å². The zero-order valence-electron chi connectivity index (χ0n) is 10.4. The Kier molecular flexibility index (Phi) is 4.71. The van der Waals surface area contributed by atoms with Crippen molar-refractivity contribution in [2.45, 2.75) is 37.2 Å². The van der Waals surface area contributed by atoms with Crippen molar-refractivity contribution in [1.82, 2.24) is 0 Å². The number of benzene rings is 1. The summed E-state index contributed by atoms with van der Waals surface area (Å²) in [6.07, 6.45) is -2.21. The Hall–Kier alpha value is -0.360. The van der Waals surface area contributed by atoms with Gasteiger partial charge in [0.2, 0.25) is 0 Å². The van der Waals surface area contributed by atoms with Crippen LogP contribution in [0, 0.1) is 0 Å². The molecule has 0 saturated carbocycles. The van der Waals surface area contributed by atoms with Crippen LogP contribution in [0.3, 0.4) is 0 Å². The number of hydrogen-bond donors (Lipinski definition) is 1. The third-order valence-electron chi connectivity index (χ3n) is 3.18. The van der Waals surface area contributed by atoms with Gasteiger partial charge in [-0.15, -0.1) is 0 Å². The quantitative estimate of drug-likeness (QED) is 0.787. The van der Waals surface area contributed by atoms with Crippen molar-refractivity contribution in [3.05, 3.63) is 28.2 Å². The number of halogens is 4. The third-order valence-corrected chi connectivity index (χ3v) is 5.02. The molecule has 2 rings (SSSR count). The summed E-state index contributed by atoms with van der Waals surface area (Å²) < 4.78 is 38.7. The first kappa shape index (κ1) is 15.0. The Balaban J connectivity index is 2.18. The first-order valence-corrected chi connectivity index (χ1v) is 7.96. The highest BCUT2D eigenvalue weighted by Gasteiger charge is 2.31. The normalized spacial score (nSPS) is 24.3. The zero-order chi connectivity index (χ0) is 14.0. The van der Waals surface area contributed by atoms with Gasteiger partial charge in [-0.25, -0.2) is 0 Å². The van der Waals surface area contributed by atoms with E-state index in [1.807, 2.05) is 11.8 Å². The van der Waals surface area contributed by atoms with Crippen LogP contribution in [0.15, 0.2) is 22.7 Å². The van der Waals surface area contributed by atoms with Crippen LogP contribution in [0.4, 0.5) is 18.9 Å². The SMILES string of the molecule is CC1SCCCC1Nc1cc(Br)cc(C(F)(F)F)c1. The van der Waals surface area contributed by atoms with E-state index in [1.165, 1.54) is 6.07 Å². The maximum absolute atomic E-state index is 12.8. The summed E-state index contributed by atoms with van der Waals surface area (Å²) in [6, 6.07) is 4.21. The van der Waals surface area contributed by atoms with E-state index in [4.69, 9.17) is 0 Å². The van der Waals surface area contributed by atoms with Crippen molar-refractivity contribution in [2.24, 2.45) is 0 Å². The number of anilines is 1. The number of thioether (sulfide) groups is 1. The lowest BCUT2D eigenvalue weighted by atomic mass is 10.1. The Morgan fingerprint density at radius 1 is 1.32 bits per heavy atom. The van der Waals surface area contributed by atoms with Gasteiger partial charge in [0.05, 0.1) is 5.56 Å². The predicted octanol–water partition coefficient (Wildman–Crippen LogP) is 5.16. The molecule has 1 heterocycles. The molecule has 1 fully saturated rings. The van der Waals surface area contributed by atoms with Crippen molar-refractivity contribution in [1.29, 1.82) is 0 Å².